The van der Waals surface area contributed by atoms with Gasteiger partial charge in [-0.1, -0.05) is 18.2 Å². The quantitative estimate of drug-likeness (QED) is 0.507. The van der Waals surface area contributed by atoms with Crippen molar-refractivity contribution >= 4 is 47.5 Å². The average Bonchev–Trinajstić information content (AvgIpc) is 3.00. The van der Waals surface area contributed by atoms with Crippen molar-refractivity contribution in [3.05, 3.63) is 66.7 Å². The molecule has 4 aromatic rings. The summed E-state index contributed by atoms with van der Waals surface area (Å²) in [6, 6.07) is 18.1. The lowest BCUT2D eigenvalue weighted by atomic mass is 10.1. The van der Waals surface area contributed by atoms with Crippen LogP contribution in [0.3, 0.4) is 0 Å². The van der Waals surface area contributed by atoms with Crippen LogP contribution in [-0.4, -0.2) is 21.4 Å². The first-order valence-corrected chi connectivity index (χ1v) is 11.9. The maximum absolute atomic E-state index is 12.7. The highest BCUT2D eigenvalue weighted by Gasteiger charge is 2.17. The minimum Gasteiger partial charge on any atom is -0.341 e. The lowest BCUT2D eigenvalue weighted by Gasteiger charge is -2.09. The van der Waals surface area contributed by atoms with E-state index in [1.165, 1.54) is 24.3 Å². The van der Waals surface area contributed by atoms with Crippen LogP contribution in [0.4, 0.5) is 5.69 Å². The molecule has 0 spiro atoms. The first kappa shape index (κ1) is 19.4. The second-order valence-corrected chi connectivity index (χ2v) is 9.86. The van der Waals surface area contributed by atoms with Gasteiger partial charge in [-0.2, -0.15) is 0 Å². The smallest absolute Gasteiger partial charge is 0.261 e. The fourth-order valence-corrected chi connectivity index (χ4v) is 5.05. The van der Waals surface area contributed by atoms with Gasteiger partial charge in [0.05, 0.1) is 9.79 Å². The zero-order valence-electron chi connectivity index (χ0n) is 15.5. The predicted octanol–water partition coefficient (Wildman–Crippen LogP) is 3.26. The number of fused-ring (bicyclic) bond motifs is 3. The van der Waals surface area contributed by atoms with Crippen LogP contribution in [0.5, 0.6) is 0 Å². The molecule has 0 amide bonds. The molecular weight excluding hydrogens is 410 g/mol. The van der Waals surface area contributed by atoms with Gasteiger partial charge in [-0.3, -0.25) is 4.72 Å². The second kappa shape index (κ2) is 6.87. The van der Waals surface area contributed by atoms with Gasteiger partial charge in [0, 0.05) is 34.0 Å². The summed E-state index contributed by atoms with van der Waals surface area (Å²) < 4.78 is 52.9. The Morgan fingerprint density at radius 3 is 2.10 bits per heavy atom. The molecule has 0 aliphatic carbocycles. The molecule has 3 aromatic carbocycles. The molecule has 150 valence electrons. The Balaban J connectivity index is 1.74. The molecule has 0 aliphatic rings. The second-order valence-electron chi connectivity index (χ2n) is 6.62. The third-order valence-corrected chi connectivity index (χ3v) is 7.13. The summed E-state index contributed by atoms with van der Waals surface area (Å²) in [4.78, 5) is -0.203. The lowest BCUT2D eigenvalue weighted by molar-refractivity contribution is 0.595. The number of benzene rings is 3. The molecule has 1 heterocycles. The molecule has 0 bridgehead atoms. The predicted molar refractivity (Wildman–Crippen MR) is 114 cm³/mol. The molecule has 0 saturated heterocycles. The number of anilines is 1. The Morgan fingerprint density at radius 1 is 0.828 bits per heavy atom. The standard InChI is InChI=1S/C20H19N3O4S2/c1-2-23-19-6-4-3-5-17(19)18-13-14(7-12-20(18)23)22-29(26,27)16-10-8-15(9-11-16)28(21,24)25/h3-13,22H,2H2,1H3,(H2,21,24,25). The van der Waals surface area contributed by atoms with Crippen molar-refractivity contribution in [2.24, 2.45) is 5.14 Å². The summed E-state index contributed by atoms with van der Waals surface area (Å²) in [5.74, 6) is 0. The van der Waals surface area contributed by atoms with Gasteiger partial charge >= 0.3 is 0 Å². The summed E-state index contributed by atoms with van der Waals surface area (Å²) in [6.07, 6.45) is 0. The van der Waals surface area contributed by atoms with Crippen molar-refractivity contribution in [1.82, 2.24) is 4.57 Å². The number of primary sulfonamides is 1. The number of hydrogen-bond donors (Lipinski definition) is 2. The highest BCUT2D eigenvalue weighted by Crippen LogP contribution is 2.31. The van der Waals surface area contributed by atoms with Crippen LogP contribution in [0.1, 0.15) is 6.92 Å². The van der Waals surface area contributed by atoms with E-state index in [0.29, 0.717) is 5.69 Å². The Morgan fingerprint density at radius 2 is 1.45 bits per heavy atom. The van der Waals surface area contributed by atoms with Crippen molar-refractivity contribution in [2.75, 3.05) is 4.72 Å². The van der Waals surface area contributed by atoms with Crippen molar-refractivity contribution in [3.8, 4) is 0 Å². The zero-order valence-corrected chi connectivity index (χ0v) is 17.2. The molecule has 3 N–H and O–H groups in total. The normalized spacial score (nSPS) is 12.5. The number of nitrogens with zero attached hydrogens (tertiary/aromatic N) is 1. The first-order chi connectivity index (χ1) is 13.7. The van der Waals surface area contributed by atoms with E-state index in [9.17, 15) is 16.8 Å². The molecule has 0 saturated carbocycles. The molecule has 4 rings (SSSR count). The third kappa shape index (κ3) is 3.48. The first-order valence-electron chi connectivity index (χ1n) is 8.87. The molecule has 0 radical (unpaired) electrons. The Bertz CT molecular complexity index is 1440. The van der Waals surface area contributed by atoms with E-state index in [2.05, 4.69) is 16.2 Å². The topological polar surface area (TPSA) is 111 Å². The zero-order chi connectivity index (χ0) is 20.8. The maximum atomic E-state index is 12.7. The van der Waals surface area contributed by atoms with Gasteiger partial charge in [0.1, 0.15) is 0 Å². The van der Waals surface area contributed by atoms with Gasteiger partial charge in [0.15, 0.2) is 0 Å². The molecule has 0 fully saturated rings. The van der Waals surface area contributed by atoms with E-state index in [1.54, 1.807) is 12.1 Å². The van der Waals surface area contributed by atoms with Crippen molar-refractivity contribution in [3.63, 3.8) is 0 Å². The van der Waals surface area contributed by atoms with Crippen LogP contribution in [0.2, 0.25) is 0 Å². The monoisotopic (exact) mass is 429 g/mol. The van der Waals surface area contributed by atoms with E-state index in [4.69, 9.17) is 5.14 Å². The van der Waals surface area contributed by atoms with Gasteiger partial charge in [-0.15, -0.1) is 0 Å². The summed E-state index contributed by atoms with van der Waals surface area (Å²) in [6.45, 7) is 2.86. The Hall–Kier alpha value is -2.88. The average molecular weight is 430 g/mol. The lowest BCUT2D eigenvalue weighted by Crippen LogP contribution is -2.15. The van der Waals surface area contributed by atoms with Gasteiger partial charge in [-0.25, -0.2) is 22.0 Å². The van der Waals surface area contributed by atoms with E-state index >= 15 is 0 Å². The van der Waals surface area contributed by atoms with Crippen LogP contribution in [0, 0.1) is 0 Å². The van der Waals surface area contributed by atoms with E-state index in [1.807, 2.05) is 30.3 Å². The van der Waals surface area contributed by atoms with E-state index in [-0.39, 0.29) is 9.79 Å². The Kier molecular flexibility index (Phi) is 4.60. The minimum absolute atomic E-state index is 0.0546. The molecule has 29 heavy (non-hydrogen) atoms. The number of para-hydroxylation sites is 1. The van der Waals surface area contributed by atoms with Gasteiger partial charge in [-0.05, 0) is 55.5 Å². The number of sulfonamides is 2. The van der Waals surface area contributed by atoms with Crippen molar-refractivity contribution in [1.29, 1.82) is 0 Å². The summed E-state index contributed by atoms with van der Waals surface area (Å²) in [7, 11) is -7.78. The molecule has 0 unspecified atom stereocenters. The summed E-state index contributed by atoms with van der Waals surface area (Å²) in [5, 5.41) is 7.05. The molecule has 7 nitrogen and oxygen atoms in total. The molecular formula is C20H19N3O4S2. The third-order valence-electron chi connectivity index (χ3n) is 4.80. The fourth-order valence-electron chi connectivity index (χ4n) is 3.48. The van der Waals surface area contributed by atoms with E-state index in [0.717, 1.165) is 28.4 Å². The van der Waals surface area contributed by atoms with Crippen LogP contribution in [0.15, 0.2) is 76.5 Å². The highest BCUT2D eigenvalue weighted by molar-refractivity contribution is 7.92. The van der Waals surface area contributed by atoms with E-state index < -0.39 is 20.0 Å². The largest absolute Gasteiger partial charge is 0.341 e. The summed E-state index contributed by atoms with van der Waals surface area (Å²) >= 11 is 0. The molecule has 9 heteroatoms. The van der Waals surface area contributed by atoms with Crippen LogP contribution >= 0.6 is 0 Å². The van der Waals surface area contributed by atoms with Crippen LogP contribution < -0.4 is 9.86 Å². The minimum atomic E-state index is -3.89. The van der Waals surface area contributed by atoms with Crippen LogP contribution in [0.25, 0.3) is 21.8 Å². The Labute approximate surface area is 168 Å². The maximum Gasteiger partial charge on any atom is 0.261 e. The highest BCUT2D eigenvalue weighted by atomic mass is 32.2. The van der Waals surface area contributed by atoms with Gasteiger partial charge < -0.3 is 4.57 Å². The number of hydrogen-bond acceptors (Lipinski definition) is 4. The fraction of sp³-hybridized carbons (Fsp3) is 0.100. The number of nitrogens with one attached hydrogen (secondary N) is 1. The van der Waals surface area contributed by atoms with Gasteiger partial charge in [0.25, 0.3) is 10.0 Å². The SMILES string of the molecule is CCn1c2ccccc2c2cc(NS(=O)(=O)c3ccc(S(N)(=O)=O)cc3)ccc21. The number of rotatable bonds is 5. The van der Waals surface area contributed by atoms with Gasteiger partial charge in [0.2, 0.25) is 10.0 Å². The number of aryl methyl sites for hydroxylation is 1. The molecule has 1 aromatic heterocycles. The van der Waals surface area contributed by atoms with Crippen LogP contribution in [-0.2, 0) is 26.6 Å². The number of aromatic nitrogens is 1. The molecule has 0 atom stereocenters. The number of nitrogens with two attached hydrogens (primary N) is 1. The van der Waals surface area contributed by atoms with Crippen molar-refractivity contribution in [2.45, 2.75) is 23.3 Å². The summed E-state index contributed by atoms with van der Waals surface area (Å²) in [5.41, 5.74) is 2.53. The van der Waals surface area contributed by atoms with Crippen molar-refractivity contribution < 1.29 is 16.8 Å². The molecule has 0 aliphatic heterocycles.